The van der Waals surface area contributed by atoms with Gasteiger partial charge in [0.2, 0.25) is 0 Å². The topological polar surface area (TPSA) is 67.7 Å². The van der Waals surface area contributed by atoms with E-state index in [2.05, 4.69) is 15.1 Å². The van der Waals surface area contributed by atoms with Gasteiger partial charge in [0.05, 0.1) is 29.5 Å². The van der Waals surface area contributed by atoms with Crippen LogP contribution < -0.4 is 5.01 Å². The molecule has 0 spiro atoms. The number of ether oxygens (including phenoxy) is 1. The predicted molar refractivity (Wildman–Crippen MR) is 70.1 cm³/mol. The molecule has 1 fully saturated rings. The minimum atomic E-state index is -0.0937. The third-order valence-electron chi connectivity index (χ3n) is 3.29. The van der Waals surface area contributed by atoms with Crippen molar-refractivity contribution in [3.8, 4) is 0 Å². The molecule has 6 nitrogen and oxygen atoms in total. The molecular weight excluding hydrogens is 268 g/mol. The average Bonchev–Trinajstić information content (AvgIpc) is 2.83. The van der Waals surface area contributed by atoms with Crippen molar-refractivity contribution in [2.24, 2.45) is 11.0 Å². The van der Waals surface area contributed by atoms with Gasteiger partial charge in [0, 0.05) is 19.1 Å². The average molecular weight is 281 g/mol. The van der Waals surface area contributed by atoms with Crippen LogP contribution in [0.3, 0.4) is 0 Å². The molecule has 7 heteroatoms. The summed E-state index contributed by atoms with van der Waals surface area (Å²) in [6.45, 7) is 1.46. The Morgan fingerprint density at radius 1 is 1.26 bits per heavy atom. The molecule has 1 aromatic heterocycles. The van der Waals surface area contributed by atoms with Crippen molar-refractivity contribution >= 4 is 29.2 Å². The number of anilines is 1. The Morgan fingerprint density at radius 3 is 2.63 bits per heavy atom. The number of nitrogens with zero attached hydrogens (tertiary/aromatic N) is 4. The van der Waals surface area contributed by atoms with Crippen molar-refractivity contribution in [1.82, 2.24) is 9.97 Å². The van der Waals surface area contributed by atoms with Crippen LogP contribution in [-0.4, -0.2) is 34.8 Å². The maximum absolute atomic E-state index is 12.0. The van der Waals surface area contributed by atoms with E-state index >= 15 is 0 Å². The molecule has 3 rings (SSSR count). The molecule has 100 valence electrons. The maximum Gasteiger partial charge on any atom is 0.255 e. The molecule has 1 amide bonds. The molecule has 1 aromatic rings. The van der Waals surface area contributed by atoms with Gasteiger partial charge in [0.15, 0.2) is 0 Å². The van der Waals surface area contributed by atoms with Crippen LogP contribution in [0.15, 0.2) is 17.5 Å². The van der Waals surface area contributed by atoms with Gasteiger partial charge in [-0.15, -0.1) is 0 Å². The first-order valence-electron chi connectivity index (χ1n) is 6.19. The van der Waals surface area contributed by atoms with Gasteiger partial charge in [-0.3, -0.25) is 4.79 Å². The molecule has 3 heterocycles. The van der Waals surface area contributed by atoms with Gasteiger partial charge in [-0.1, -0.05) is 11.6 Å². The van der Waals surface area contributed by atoms with E-state index in [4.69, 9.17) is 16.3 Å². The molecule has 0 aliphatic carbocycles. The van der Waals surface area contributed by atoms with Gasteiger partial charge in [-0.25, -0.2) is 9.97 Å². The van der Waals surface area contributed by atoms with Gasteiger partial charge in [-0.05, 0) is 12.8 Å². The Morgan fingerprint density at radius 2 is 1.95 bits per heavy atom. The van der Waals surface area contributed by atoms with E-state index in [1.165, 1.54) is 17.4 Å². The molecule has 2 aliphatic rings. The summed E-state index contributed by atoms with van der Waals surface area (Å²) in [4.78, 5) is 20.0. The Kier molecular flexibility index (Phi) is 3.44. The number of aromatic nitrogens is 2. The van der Waals surface area contributed by atoms with Gasteiger partial charge in [0.25, 0.3) is 11.9 Å². The summed E-state index contributed by atoms with van der Waals surface area (Å²) < 4.78 is 5.32. The van der Waals surface area contributed by atoms with Gasteiger partial charge < -0.3 is 4.74 Å². The first kappa shape index (κ1) is 12.5. The summed E-state index contributed by atoms with van der Waals surface area (Å²) in [6.07, 6.45) is 5.10. The quantitative estimate of drug-likeness (QED) is 0.826. The third kappa shape index (κ3) is 2.59. The fourth-order valence-electron chi connectivity index (χ4n) is 2.28. The minimum Gasteiger partial charge on any atom is -0.381 e. The highest BCUT2D eigenvalue weighted by atomic mass is 35.5. The highest BCUT2D eigenvalue weighted by Crippen LogP contribution is 2.25. The van der Waals surface area contributed by atoms with E-state index in [9.17, 15) is 4.79 Å². The second kappa shape index (κ2) is 5.22. The van der Waals surface area contributed by atoms with Crippen LogP contribution >= 0.6 is 11.6 Å². The van der Waals surface area contributed by atoms with Crippen molar-refractivity contribution in [3.63, 3.8) is 0 Å². The normalized spacial score (nSPS) is 20.8. The number of hydrazone groups is 1. The summed E-state index contributed by atoms with van der Waals surface area (Å²) in [5, 5.41) is 6.07. The Labute approximate surface area is 115 Å². The molecule has 19 heavy (non-hydrogen) atoms. The number of hydrogen-bond donors (Lipinski definition) is 0. The van der Waals surface area contributed by atoms with Crippen LogP contribution in [-0.2, 0) is 9.53 Å². The molecule has 1 saturated heterocycles. The van der Waals surface area contributed by atoms with E-state index < -0.39 is 0 Å². The van der Waals surface area contributed by atoms with Crippen molar-refractivity contribution in [1.29, 1.82) is 0 Å². The summed E-state index contributed by atoms with van der Waals surface area (Å²) in [7, 11) is 0. The SMILES string of the molecule is O=C1CC(C2CCOCC2)=NN1c1ncc(Cl)cn1. The van der Waals surface area contributed by atoms with Crippen LogP contribution in [0, 0.1) is 5.92 Å². The lowest BCUT2D eigenvalue weighted by Gasteiger charge is -2.21. The van der Waals surface area contributed by atoms with Crippen LogP contribution in [0.25, 0.3) is 0 Å². The van der Waals surface area contributed by atoms with Crippen LogP contribution in [0.1, 0.15) is 19.3 Å². The molecule has 0 N–H and O–H groups in total. The fourth-order valence-corrected chi connectivity index (χ4v) is 2.37. The fraction of sp³-hybridized carbons (Fsp3) is 0.500. The highest BCUT2D eigenvalue weighted by molar-refractivity contribution is 6.30. The van der Waals surface area contributed by atoms with E-state index in [0.717, 1.165) is 31.8 Å². The zero-order chi connectivity index (χ0) is 13.2. The second-order valence-electron chi connectivity index (χ2n) is 4.56. The number of amides is 1. The number of hydrogen-bond acceptors (Lipinski definition) is 5. The molecule has 0 unspecified atom stereocenters. The maximum atomic E-state index is 12.0. The Bertz CT molecular complexity index is 511. The molecule has 0 atom stereocenters. The number of carbonyl (C=O) groups excluding carboxylic acids is 1. The van der Waals surface area contributed by atoms with Gasteiger partial charge in [-0.2, -0.15) is 10.1 Å². The lowest BCUT2D eigenvalue weighted by molar-refractivity contribution is -0.117. The lowest BCUT2D eigenvalue weighted by atomic mass is 9.93. The monoisotopic (exact) mass is 280 g/mol. The first-order valence-corrected chi connectivity index (χ1v) is 6.57. The van der Waals surface area contributed by atoms with Crippen LogP contribution in [0.4, 0.5) is 5.95 Å². The third-order valence-corrected chi connectivity index (χ3v) is 3.48. The van der Waals surface area contributed by atoms with Gasteiger partial charge >= 0.3 is 0 Å². The first-order chi connectivity index (χ1) is 9.24. The van der Waals surface area contributed by atoms with E-state index in [1.54, 1.807) is 0 Å². The summed E-state index contributed by atoms with van der Waals surface area (Å²) in [5.74, 6) is 0.510. The van der Waals surface area contributed by atoms with Crippen molar-refractivity contribution in [3.05, 3.63) is 17.4 Å². The number of rotatable bonds is 2. The van der Waals surface area contributed by atoms with Crippen molar-refractivity contribution in [2.45, 2.75) is 19.3 Å². The van der Waals surface area contributed by atoms with Crippen LogP contribution in [0.2, 0.25) is 5.02 Å². The number of halogens is 1. The van der Waals surface area contributed by atoms with Crippen molar-refractivity contribution < 1.29 is 9.53 Å². The minimum absolute atomic E-state index is 0.0937. The lowest BCUT2D eigenvalue weighted by Crippen LogP contribution is -2.23. The summed E-state index contributed by atoms with van der Waals surface area (Å²) >= 11 is 5.73. The molecule has 2 aliphatic heterocycles. The standard InChI is InChI=1S/C12H13ClN4O2/c13-9-6-14-12(15-7-9)17-11(18)5-10(16-17)8-1-3-19-4-2-8/h6-8H,1-5H2. The van der Waals surface area contributed by atoms with E-state index in [0.29, 0.717) is 17.4 Å². The molecular formula is C12H13ClN4O2. The predicted octanol–water partition coefficient (Wildman–Crippen LogP) is 1.65. The van der Waals surface area contributed by atoms with E-state index in [1.807, 2.05) is 0 Å². The largest absolute Gasteiger partial charge is 0.381 e. The van der Waals surface area contributed by atoms with E-state index in [-0.39, 0.29) is 11.9 Å². The van der Waals surface area contributed by atoms with Crippen molar-refractivity contribution in [2.75, 3.05) is 18.2 Å². The zero-order valence-electron chi connectivity index (χ0n) is 10.3. The number of carbonyl (C=O) groups is 1. The molecule has 0 radical (unpaired) electrons. The summed E-state index contributed by atoms with van der Waals surface area (Å²) in [5.41, 5.74) is 0.909. The molecule has 0 aromatic carbocycles. The smallest absolute Gasteiger partial charge is 0.255 e. The highest BCUT2D eigenvalue weighted by Gasteiger charge is 2.32. The summed E-state index contributed by atoms with van der Waals surface area (Å²) in [6, 6.07) is 0. The van der Waals surface area contributed by atoms with Crippen LogP contribution in [0.5, 0.6) is 0 Å². The van der Waals surface area contributed by atoms with Gasteiger partial charge in [0.1, 0.15) is 0 Å². The zero-order valence-corrected chi connectivity index (χ0v) is 11.0. The molecule has 0 saturated carbocycles. The second-order valence-corrected chi connectivity index (χ2v) is 5.00. The Hall–Kier alpha value is -1.53. The molecule has 0 bridgehead atoms. The Balaban J connectivity index is 1.80.